The average molecular weight is 307 g/mol. The summed E-state index contributed by atoms with van der Waals surface area (Å²) in [5.74, 6) is 0.692. The molecule has 1 rings (SSSR count). The molecule has 122 valence electrons. The van der Waals surface area contributed by atoms with Gasteiger partial charge in [-0.25, -0.2) is 0 Å². The number of amides is 1. The first-order valence-electron chi connectivity index (χ1n) is 7.61. The summed E-state index contributed by atoms with van der Waals surface area (Å²) in [4.78, 5) is 28.5. The normalized spacial score (nSPS) is 10.8. The fourth-order valence-electron chi connectivity index (χ4n) is 1.77. The molecule has 0 atom stereocenters. The van der Waals surface area contributed by atoms with Gasteiger partial charge in [-0.2, -0.15) is 5.06 Å². The quantitative estimate of drug-likeness (QED) is 0.303. The highest BCUT2D eigenvalue weighted by atomic mass is 16.7. The first-order chi connectivity index (χ1) is 10.4. The summed E-state index contributed by atoms with van der Waals surface area (Å²) < 4.78 is 5.35. The second kappa shape index (κ2) is 9.20. The van der Waals surface area contributed by atoms with Crippen LogP contribution in [-0.4, -0.2) is 19.0 Å². The van der Waals surface area contributed by atoms with Crippen LogP contribution in [0.2, 0.25) is 0 Å². The summed E-state index contributed by atoms with van der Waals surface area (Å²) in [7, 11) is 0. The van der Waals surface area contributed by atoms with Crippen molar-refractivity contribution in [2.45, 2.75) is 40.5 Å². The average Bonchev–Trinajstić information content (AvgIpc) is 2.43. The number of hydroxylamine groups is 1. The Morgan fingerprint density at radius 2 is 1.86 bits per heavy atom. The molecule has 0 saturated carbocycles. The van der Waals surface area contributed by atoms with E-state index in [-0.39, 0.29) is 11.9 Å². The van der Waals surface area contributed by atoms with Crippen molar-refractivity contribution in [2.24, 2.45) is 11.8 Å². The van der Waals surface area contributed by atoms with Crippen LogP contribution in [0.15, 0.2) is 24.3 Å². The van der Waals surface area contributed by atoms with Gasteiger partial charge in [0.1, 0.15) is 5.69 Å². The largest absolute Gasteiger partial charge is 0.424 e. The van der Waals surface area contributed by atoms with E-state index in [2.05, 4.69) is 13.8 Å². The Bertz CT molecular complexity index is 485. The number of rotatable bonds is 9. The molecule has 0 heterocycles. The molecular formula is C17H25NO4. The molecule has 1 aromatic rings. The summed E-state index contributed by atoms with van der Waals surface area (Å²) in [6.45, 7) is 8.47. The van der Waals surface area contributed by atoms with E-state index in [0.717, 1.165) is 11.5 Å². The van der Waals surface area contributed by atoms with E-state index in [9.17, 15) is 9.59 Å². The smallest absolute Gasteiger partial charge is 0.311 e. The summed E-state index contributed by atoms with van der Waals surface area (Å²) in [5.41, 5.74) is 0.429. The van der Waals surface area contributed by atoms with Gasteiger partial charge >= 0.3 is 5.97 Å². The predicted octanol–water partition coefficient (Wildman–Crippen LogP) is 3.58. The number of ether oxygens (including phenoxy) is 1. The van der Waals surface area contributed by atoms with Crippen LogP contribution in [0.25, 0.3) is 0 Å². The fourth-order valence-corrected chi connectivity index (χ4v) is 1.77. The molecule has 0 unspecified atom stereocenters. The SMILES string of the molecule is CC(C)CCON(C=O)c1ccccc1OC(=O)CC(C)C. The molecule has 5 heteroatoms. The molecular weight excluding hydrogens is 282 g/mol. The highest BCUT2D eigenvalue weighted by Gasteiger charge is 2.16. The number of carbonyl (C=O) groups is 2. The van der Waals surface area contributed by atoms with Gasteiger partial charge in [0.15, 0.2) is 5.75 Å². The lowest BCUT2D eigenvalue weighted by atomic mass is 10.1. The third kappa shape index (κ3) is 6.26. The van der Waals surface area contributed by atoms with Gasteiger partial charge in [0.25, 0.3) is 0 Å². The van der Waals surface area contributed by atoms with Gasteiger partial charge in [-0.05, 0) is 30.4 Å². The van der Waals surface area contributed by atoms with Gasteiger partial charge in [-0.15, -0.1) is 0 Å². The second-order valence-electron chi connectivity index (χ2n) is 5.99. The Balaban J connectivity index is 2.79. The van der Waals surface area contributed by atoms with Crippen molar-refractivity contribution in [1.82, 2.24) is 0 Å². The lowest BCUT2D eigenvalue weighted by Gasteiger charge is -2.20. The van der Waals surface area contributed by atoms with Crippen LogP contribution in [0.5, 0.6) is 5.75 Å². The van der Waals surface area contributed by atoms with Crippen molar-refractivity contribution in [3.63, 3.8) is 0 Å². The lowest BCUT2D eigenvalue weighted by Crippen LogP contribution is -2.24. The number of nitrogens with zero attached hydrogens (tertiary/aromatic N) is 1. The van der Waals surface area contributed by atoms with Crippen LogP contribution in [-0.2, 0) is 14.4 Å². The van der Waals surface area contributed by atoms with E-state index in [1.54, 1.807) is 24.3 Å². The molecule has 5 nitrogen and oxygen atoms in total. The summed E-state index contributed by atoms with van der Waals surface area (Å²) >= 11 is 0. The minimum absolute atomic E-state index is 0.212. The molecule has 0 aliphatic rings. The number of carbonyl (C=O) groups excluding carboxylic acids is 2. The molecule has 0 spiro atoms. The van der Waals surface area contributed by atoms with Crippen molar-refractivity contribution in [3.05, 3.63) is 24.3 Å². The Labute approximate surface area is 132 Å². The third-order valence-corrected chi connectivity index (χ3v) is 2.92. The molecule has 0 radical (unpaired) electrons. The third-order valence-electron chi connectivity index (χ3n) is 2.92. The van der Waals surface area contributed by atoms with E-state index < -0.39 is 0 Å². The van der Waals surface area contributed by atoms with E-state index in [1.165, 1.54) is 0 Å². The van der Waals surface area contributed by atoms with Crippen LogP contribution in [0.1, 0.15) is 40.5 Å². The number of anilines is 1. The molecule has 0 saturated heterocycles. The van der Waals surface area contributed by atoms with Gasteiger partial charge < -0.3 is 4.74 Å². The number of esters is 1. The first-order valence-corrected chi connectivity index (χ1v) is 7.61. The number of hydrogen-bond donors (Lipinski definition) is 0. The highest BCUT2D eigenvalue weighted by molar-refractivity contribution is 5.80. The van der Waals surface area contributed by atoms with Gasteiger partial charge in [-0.3, -0.25) is 14.4 Å². The van der Waals surface area contributed by atoms with Crippen LogP contribution in [0, 0.1) is 11.8 Å². The Kier molecular flexibility index (Phi) is 7.60. The fraction of sp³-hybridized carbons (Fsp3) is 0.529. The molecule has 0 aliphatic carbocycles. The van der Waals surface area contributed by atoms with Crippen LogP contribution in [0.4, 0.5) is 5.69 Å². The van der Waals surface area contributed by atoms with Crippen LogP contribution >= 0.6 is 0 Å². The van der Waals surface area contributed by atoms with Crippen molar-refractivity contribution in [2.75, 3.05) is 11.7 Å². The first kappa shape index (κ1) is 18.2. The minimum atomic E-state index is -0.324. The number of hydrogen-bond acceptors (Lipinski definition) is 4. The van der Waals surface area contributed by atoms with Crippen LogP contribution < -0.4 is 9.80 Å². The zero-order valence-electron chi connectivity index (χ0n) is 13.7. The second-order valence-corrected chi connectivity index (χ2v) is 5.99. The van der Waals surface area contributed by atoms with E-state index in [0.29, 0.717) is 36.8 Å². The zero-order chi connectivity index (χ0) is 16.5. The van der Waals surface area contributed by atoms with Gasteiger partial charge in [0.2, 0.25) is 6.41 Å². The maximum absolute atomic E-state index is 11.8. The maximum atomic E-state index is 11.8. The lowest BCUT2D eigenvalue weighted by molar-refractivity contribution is -0.135. The van der Waals surface area contributed by atoms with Gasteiger partial charge in [-0.1, -0.05) is 39.8 Å². The Morgan fingerprint density at radius 1 is 1.18 bits per heavy atom. The van der Waals surface area contributed by atoms with Crippen molar-refractivity contribution >= 4 is 18.1 Å². The van der Waals surface area contributed by atoms with E-state index >= 15 is 0 Å². The molecule has 22 heavy (non-hydrogen) atoms. The Hall–Kier alpha value is -1.88. The molecule has 1 amide bonds. The van der Waals surface area contributed by atoms with Crippen molar-refractivity contribution in [3.8, 4) is 5.75 Å². The van der Waals surface area contributed by atoms with Crippen molar-refractivity contribution < 1.29 is 19.2 Å². The van der Waals surface area contributed by atoms with E-state index in [1.807, 2.05) is 13.8 Å². The number of para-hydroxylation sites is 2. The summed E-state index contributed by atoms with van der Waals surface area (Å²) in [5, 5.41) is 1.11. The molecule has 0 N–H and O–H groups in total. The summed E-state index contributed by atoms with van der Waals surface area (Å²) in [6.07, 6.45) is 1.73. The molecule has 0 aromatic heterocycles. The molecule has 1 aromatic carbocycles. The standard InChI is InChI=1S/C17H25NO4/c1-13(2)9-10-21-18(12-19)15-7-5-6-8-16(15)22-17(20)11-14(3)4/h5-8,12-14H,9-11H2,1-4H3. The monoisotopic (exact) mass is 307 g/mol. The maximum Gasteiger partial charge on any atom is 0.311 e. The summed E-state index contributed by atoms with van der Waals surface area (Å²) in [6, 6.07) is 6.84. The minimum Gasteiger partial charge on any atom is -0.424 e. The van der Waals surface area contributed by atoms with E-state index in [4.69, 9.17) is 9.57 Å². The topological polar surface area (TPSA) is 55.8 Å². The highest BCUT2D eigenvalue weighted by Crippen LogP contribution is 2.28. The number of benzene rings is 1. The van der Waals surface area contributed by atoms with Gasteiger partial charge in [0.05, 0.1) is 6.61 Å². The molecule has 0 fully saturated rings. The Morgan fingerprint density at radius 3 is 2.45 bits per heavy atom. The van der Waals surface area contributed by atoms with Crippen LogP contribution in [0.3, 0.4) is 0 Å². The predicted molar refractivity (Wildman–Crippen MR) is 85.5 cm³/mol. The van der Waals surface area contributed by atoms with Crippen molar-refractivity contribution in [1.29, 1.82) is 0 Å². The molecule has 0 bridgehead atoms. The van der Waals surface area contributed by atoms with Gasteiger partial charge in [0, 0.05) is 6.42 Å². The zero-order valence-corrected chi connectivity index (χ0v) is 13.7. The molecule has 0 aliphatic heterocycles.